The van der Waals surface area contributed by atoms with Crippen molar-refractivity contribution in [1.82, 2.24) is 9.88 Å². The molecule has 0 spiro atoms. The molecule has 17 heavy (non-hydrogen) atoms. The molecule has 0 bridgehead atoms. The van der Waals surface area contributed by atoms with Crippen LogP contribution in [0.3, 0.4) is 0 Å². The molecule has 4 nitrogen and oxygen atoms in total. The molecule has 1 fully saturated rings. The number of hydrogen-bond acceptors (Lipinski definition) is 2. The van der Waals surface area contributed by atoms with Gasteiger partial charge in [0.15, 0.2) is 6.29 Å². The van der Waals surface area contributed by atoms with Gasteiger partial charge in [-0.3, -0.25) is 4.79 Å². The van der Waals surface area contributed by atoms with Crippen LogP contribution in [0.5, 0.6) is 0 Å². The van der Waals surface area contributed by atoms with E-state index >= 15 is 0 Å². The fraction of sp³-hybridized carbons (Fsp3) is 0.667. The van der Waals surface area contributed by atoms with Crippen molar-refractivity contribution >= 4 is 6.29 Å². The zero-order chi connectivity index (χ0) is 11.7. The molecule has 5 heteroatoms. The Labute approximate surface area is 108 Å². The molecule has 0 saturated carbocycles. The average molecular weight is 258 g/mol. The van der Waals surface area contributed by atoms with Crippen molar-refractivity contribution in [1.29, 1.82) is 0 Å². The van der Waals surface area contributed by atoms with E-state index in [0.29, 0.717) is 12.6 Å². The molecule has 1 aliphatic heterocycles. The van der Waals surface area contributed by atoms with Crippen LogP contribution in [0.2, 0.25) is 0 Å². The van der Waals surface area contributed by atoms with E-state index in [4.69, 9.17) is 0 Å². The molecule has 2 heterocycles. The second-order valence-corrected chi connectivity index (χ2v) is 4.51. The number of nitrogens with zero attached hydrogens (tertiary/aromatic N) is 2. The minimum absolute atomic E-state index is 0. The van der Waals surface area contributed by atoms with Gasteiger partial charge < -0.3 is 17.7 Å². The molecule has 0 aromatic carbocycles. The highest BCUT2D eigenvalue weighted by molar-refractivity contribution is 5.49. The van der Waals surface area contributed by atoms with Crippen LogP contribution in [0.4, 0.5) is 0 Å². The molecule has 96 valence electrons. The summed E-state index contributed by atoms with van der Waals surface area (Å²) in [5, 5.41) is 3.50. The van der Waals surface area contributed by atoms with Crippen LogP contribution in [0.1, 0.15) is 36.1 Å². The maximum atomic E-state index is 10.8. The quantitative estimate of drug-likeness (QED) is 0.483. The van der Waals surface area contributed by atoms with Gasteiger partial charge in [-0.2, -0.15) is 0 Å². The van der Waals surface area contributed by atoms with Crippen molar-refractivity contribution < 1.29 is 21.8 Å². The number of aldehydes is 1. The van der Waals surface area contributed by atoms with Gasteiger partial charge in [0.05, 0.1) is 7.05 Å². The Morgan fingerprint density at radius 3 is 2.76 bits per heavy atom. The number of nitrogens with one attached hydrogen (secondary N) is 1. The number of carbonyl (C=O) groups is 1. The second kappa shape index (κ2) is 5.65. The number of rotatable bonds is 3. The molecule has 0 aliphatic carbocycles. The highest BCUT2D eigenvalue weighted by Gasteiger charge is 2.31. The highest BCUT2D eigenvalue weighted by Crippen LogP contribution is 2.22. The normalized spacial score (nSPS) is 19.1. The van der Waals surface area contributed by atoms with E-state index in [0.717, 1.165) is 19.3 Å². The zero-order valence-electron chi connectivity index (χ0n) is 10.7. The summed E-state index contributed by atoms with van der Waals surface area (Å²) < 4.78 is 4.34. The maximum absolute atomic E-state index is 10.8. The van der Waals surface area contributed by atoms with E-state index < -0.39 is 0 Å². The molecule has 1 aliphatic rings. The first-order chi connectivity index (χ1) is 7.66. The van der Waals surface area contributed by atoms with Crippen LogP contribution in [0.15, 0.2) is 0 Å². The third-order valence-electron chi connectivity index (χ3n) is 3.68. The Kier molecular flexibility index (Phi) is 4.71. The van der Waals surface area contributed by atoms with Gasteiger partial charge in [0.25, 0.3) is 5.82 Å². The lowest BCUT2D eigenvalue weighted by molar-refractivity contribution is -0.686. The van der Waals surface area contributed by atoms with Gasteiger partial charge in [-0.05, 0) is 19.4 Å². The molecule has 1 atom stereocenters. The number of hydrogen-bond donors (Lipinski definition) is 1. The second-order valence-electron chi connectivity index (χ2n) is 4.51. The van der Waals surface area contributed by atoms with Crippen molar-refractivity contribution in [3.63, 3.8) is 0 Å². The van der Waals surface area contributed by atoms with Gasteiger partial charge in [0.1, 0.15) is 24.0 Å². The van der Waals surface area contributed by atoms with E-state index in [1.165, 1.54) is 23.6 Å². The molecule has 1 aromatic heterocycles. The van der Waals surface area contributed by atoms with Crippen LogP contribution in [-0.2, 0) is 18.4 Å². The Morgan fingerprint density at radius 1 is 1.53 bits per heavy atom. The van der Waals surface area contributed by atoms with Crippen molar-refractivity contribution in [2.75, 3.05) is 6.54 Å². The highest BCUT2D eigenvalue weighted by atomic mass is 35.5. The van der Waals surface area contributed by atoms with Gasteiger partial charge in [-0.25, -0.2) is 9.13 Å². The summed E-state index contributed by atoms with van der Waals surface area (Å²) in [6.45, 7) is 5.72. The SMILES string of the molecule is Cc1c(C)[n+](C)c(C2CCCN2)n1CC=O.[Cl-]. The van der Waals surface area contributed by atoms with E-state index in [1.807, 2.05) is 0 Å². The van der Waals surface area contributed by atoms with Crippen LogP contribution in [-0.4, -0.2) is 17.4 Å². The van der Waals surface area contributed by atoms with E-state index in [-0.39, 0.29) is 12.4 Å². The summed E-state index contributed by atoms with van der Waals surface area (Å²) in [4.78, 5) is 10.8. The monoisotopic (exact) mass is 257 g/mol. The Balaban J connectivity index is 0.00000144. The van der Waals surface area contributed by atoms with Crippen molar-refractivity contribution in [3.8, 4) is 0 Å². The van der Waals surface area contributed by atoms with Crippen LogP contribution in [0.25, 0.3) is 0 Å². The average Bonchev–Trinajstić information content (AvgIpc) is 2.85. The summed E-state index contributed by atoms with van der Waals surface area (Å²) in [6, 6.07) is 0.400. The fourth-order valence-electron chi connectivity index (χ4n) is 2.59. The third kappa shape index (κ3) is 2.38. The summed E-state index contributed by atoms with van der Waals surface area (Å²) in [7, 11) is 2.08. The lowest BCUT2D eigenvalue weighted by Crippen LogP contribution is -3.00. The minimum Gasteiger partial charge on any atom is -1.00 e. The molecular weight excluding hydrogens is 238 g/mol. The summed E-state index contributed by atoms with van der Waals surface area (Å²) in [5.74, 6) is 1.24. The fourth-order valence-corrected chi connectivity index (χ4v) is 2.59. The van der Waals surface area contributed by atoms with Crippen LogP contribution in [0, 0.1) is 13.8 Å². The lowest BCUT2D eigenvalue weighted by atomic mass is 10.2. The summed E-state index contributed by atoms with van der Waals surface area (Å²) >= 11 is 0. The number of halogens is 1. The van der Waals surface area contributed by atoms with Gasteiger partial charge in [-0.1, -0.05) is 0 Å². The predicted molar refractivity (Wildman–Crippen MR) is 61.1 cm³/mol. The predicted octanol–water partition coefficient (Wildman–Crippen LogP) is -2.44. The van der Waals surface area contributed by atoms with Gasteiger partial charge in [-0.15, -0.1) is 0 Å². The first-order valence-corrected chi connectivity index (χ1v) is 5.89. The Morgan fingerprint density at radius 2 is 2.24 bits per heavy atom. The van der Waals surface area contributed by atoms with Crippen molar-refractivity contribution in [3.05, 3.63) is 17.2 Å². The molecule has 1 aromatic rings. The molecular formula is C12H20ClN3O. The Bertz CT molecular complexity index is 408. The lowest BCUT2D eigenvalue weighted by Gasteiger charge is -2.08. The van der Waals surface area contributed by atoms with E-state index in [2.05, 4.69) is 35.3 Å². The summed E-state index contributed by atoms with van der Waals surface area (Å²) in [5.41, 5.74) is 2.43. The van der Waals surface area contributed by atoms with E-state index in [9.17, 15) is 4.79 Å². The van der Waals surface area contributed by atoms with Crippen LogP contribution >= 0.6 is 0 Å². The van der Waals surface area contributed by atoms with Gasteiger partial charge in [0, 0.05) is 13.8 Å². The molecule has 2 rings (SSSR count). The molecule has 1 N–H and O–H groups in total. The largest absolute Gasteiger partial charge is 1.00 e. The maximum Gasteiger partial charge on any atom is 0.274 e. The van der Waals surface area contributed by atoms with Crippen molar-refractivity contribution in [2.24, 2.45) is 7.05 Å². The molecule has 0 amide bonds. The molecule has 0 radical (unpaired) electrons. The smallest absolute Gasteiger partial charge is 0.274 e. The number of aromatic nitrogens is 2. The number of carbonyl (C=O) groups excluding carboxylic acids is 1. The van der Waals surface area contributed by atoms with Gasteiger partial charge >= 0.3 is 0 Å². The van der Waals surface area contributed by atoms with E-state index in [1.54, 1.807) is 0 Å². The number of imidazole rings is 1. The Hall–Kier alpha value is -0.870. The standard InChI is InChI=1S/C12H20N3O.ClH/c1-9-10(2)15(7-8-16)12(14(9)3)11-5-4-6-13-11;/h8,11,13H,4-7H2,1-3H3;1H/q+1;/p-1. The van der Waals surface area contributed by atoms with Crippen LogP contribution < -0.4 is 22.3 Å². The van der Waals surface area contributed by atoms with Crippen molar-refractivity contribution in [2.45, 2.75) is 39.3 Å². The summed E-state index contributed by atoms with van der Waals surface area (Å²) in [6.07, 6.45) is 3.36. The first-order valence-electron chi connectivity index (χ1n) is 5.89. The zero-order valence-corrected chi connectivity index (χ0v) is 11.4. The third-order valence-corrected chi connectivity index (χ3v) is 3.68. The molecule has 1 unspecified atom stereocenters. The first kappa shape index (κ1) is 14.2. The topological polar surface area (TPSA) is 37.9 Å². The van der Waals surface area contributed by atoms with Gasteiger partial charge in [0.2, 0.25) is 0 Å². The molecule has 1 saturated heterocycles. The minimum atomic E-state index is 0.